The van der Waals surface area contributed by atoms with Crippen LogP contribution in [0.2, 0.25) is 0 Å². The summed E-state index contributed by atoms with van der Waals surface area (Å²) in [5.74, 6) is 1.78. The molecule has 3 rings (SSSR count). The van der Waals surface area contributed by atoms with Gasteiger partial charge >= 0.3 is 0 Å². The van der Waals surface area contributed by atoms with Crippen LogP contribution in [0, 0.1) is 0 Å². The molecule has 0 bridgehead atoms. The molecule has 0 unspecified atom stereocenters. The van der Waals surface area contributed by atoms with Gasteiger partial charge in [0.2, 0.25) is 5.91 Å². The van der Waals surface area contributed by atoms with Crippen molar-refractivity contribution < 1.29 is 14.3 Å². The van der Waals surface area contributed by atoms with Crippen LogP contribution in [0.25, 0.3) is 0 Å². The zero-order chi connectivity index (χ0) is 17.7. The molecule has 0 atom stereocenters. The van der Waals surface area contributed by atoms with Crippen LogP contribution < -0.4 is 14.8 Å². The summed E-state index contributed by atoms with van der Waals surface area (Å²) >= 11 is 0. The Labute approximate surface area is 150 Å². The smallest absolute Gasteiger partial charge is 0.220 e. The van der Waals surface area contributed by atoms with Crippen LogP contribution in [-0.4, -0.2) is 49.2 Å². The molecule has 1 amide bonds. The van der Waals surface area contributed by atoms with E-state index in [0.717, 1.165) is 44.0 Å². The van der Waals surface area contributed by atoms with Gasteiger partial charge in [-0.1, -0.05) is 6.07 Å². The highest BCUT2D eigenvalue weighted by atomic mass is 16.6. The molecule has 138 valence electrons. The van der Waals surface area contributed by atoms with Crippen molar-refractivity contribution in [2.24, 2.45) is 0 Å². The number of aryl methyl sites for hydroxylation is 1. The van der Waals surface area contributed by atoms with E-state index >= 15 is 0 Å². The number of likely N-dealkylation sites (tertiary alicyclic amines) is 1. The number of nitrogens with zero attached hydrogens (tertiary/aromatic N) is 1. The molecule has 0 radical (unpaired) electrons. The molecule has 0 spiro atoms. The van der Waals surface area contributed by atoms with E-state index in [-0.39, 0.29) is 11.4 Å². The normalized spacial score (nSPS) is 17.5. The Morgan fingerprint density at radius 3 is 2.64 bits per heavy atom. The molecular weight excluding hydrogens is 316 g/mol. The summed E-state index contributed by atoms with van der Waals surface area (Å²) in [6.45, 7) is 8.66. The van der Waals surface area contributed by atoms with Gasteiger partial charge in [0.15, 0.2) is 11.5 Å². The van der Waals surface area contributed by atoms with Crippen LogP contribution in [0.15, 0.2) is 18.2 Å². The Bertz CT molecular complexity index is 595. The second-order valence-electron chi connectivity index (χ2n) is 7.61. The van der Waals surface area contributed by atoms with Crippen molar-refractivity contribution in [1.82, 2.24) is 10.2 Å². The number of ether oxygens (including phenoxy) is 2. The van der Waals surface area contributed by atoms with Gasteiger partial charge in [0.05, 0.1) is 0 Å². The molecule has 5 nitrogen and oxygen atoms in total. The van der Waals surface area contributed by atoms with Gasteiger partial charge < -0.3 is 14.8 Å². The third-order valence-corrected chi connectivity index (χ3v) is 5.16. The zero-order valence-electron chi connectivity index (χ0n) is 15.5. The van der Waals surface area contributed by atoms with Crippen molar-refractivity contribution >= 4 is 5.91 Å². The van der Waals surface area contributed by atoms with Gasteiger partial charge in [0.25, 0.3) is 0 Å². The summed E-state index contributed by atoms with van der Waals surface area (Å²) in [6, 6.07) is 6.05. The number of benzene rings is 1. The van der Waals surface area contributed by atoms with Crippen molar-refractivity contribution in [1.29, 1.82) is 0 Å². The molecule has 1 N–H and O–H groups in total. The maximum absolute atomic E-state index is 12.2. The SMILES string of the molecule is CC(C)(CNC(=O)CCCc1ccc2c(c1)OCCO2)N1CCCC1. The van der Waals surface area contributed by atoms with Crippen molar-refractivity contribution in [2.75, 3.05) is 32.8 Å². The molecule has 0 aliphatic carbocycles. The number of hydrogen-bond acceptors (Lipinski definition) is 4. The Balaban J connectivity index is 1.39. The van der Waals surface area contributed by atoms with Crippen LogP contribution in [-0.2, 0) is 11.2 Å². The molecule has 5 heteroatoms. The fraction of sp³-hybridized carbons (Fsp3) is 0.650. The van der Waals surface area contributed by atoms with E-state index in [1.165, 1.54) is 18.4 Å². The molecule has 2 aliphatic rings. The minimum atomic E-state index is 0.0436. The van der Waals surface area contributed by atoms with Gasteiger partial charge in [0, 0.05) is 18.5 Å². The van der Waals surface area contributed by atoms with Crippen LogP contribution in [0.1, 0.15) is 45.1 Å². The lowest BCUT2D eigenvalue weighted by atomic mass is 10.0. The number of amides is 1. The molecular formula is C20H30N2O3. The fourth-order valence-electron chi connectivity index (χ4n) is 3.53. The van der Waals surface area contributed by atoms with Crippen LogP contribution in [0.3, 0.4) is 0 Å². The monoisotopic (exact) mass is 346 g/mol. The maximum atomic E-state index is 12.2. The highest BCUT2D eigenvalue weighted by Crippen LogP contribution is 2.31. The lowest BCUT2D eigenvalue weighted by Gasteiger charge is -2.35. The first-order valence-corrected chi connectivity index (χ1v) is 9.45. The minimum absolute atomic E-state index is 0.0436. The van der Waals surface area contributed by atoms with Crippen molar-refractivity contribution in [3.8, 4) is 11.5 Å². The summed E-state index contributed by atoms with van der Waals surface area (Å²) in [7, 11) is 0. The number of rotatable bonds is 7. The number of fused-ring (bicyclic) bond motifs is 1. The first-order valence-electron chi connectivity index (χ1n) is 9.45. The third-order valence-electron chi connectivity index (χ3n) is 5.16. The van der Waals surface area contributed by atoms with Crippen LogP contribution in [0.5, 0.6) is 11.5 Å². The van der Waals surface area contributed by atoms with E-state index in [0.29, 0.717) is 19.6 Å². The van der Waals surface area contributed by atoms with E-state index in [1.807, 2.05) is 12.1 Å². The number of hydrogen-bond donors (Lipinski definition) is 1. The number of nitrogens with one attached hydrogen (secondary N) is 1. The van der Waals surface area contributed by atoms with E-state index in [2.05, 4.69) is 30.1 Å². The fourth-order valence-corrected chi connectivity index (χ4v) is 3.53. The standard InChI is InChI=1S/C20H30N2O3/c1-20(2,22-10-3-4-11-22)15-21-19(23)7-5-6-16-8-9-17-18(14-16)25-13-12-24-17/h8-9,14H,3-7,10-13,15H2,1-2H3,(H,21,23). The van der Waals surface area contributed by atoms with Gasteiger partial charge in [0.1, 0.15) is 13.2 Å². The van der Waals surface area contributed by atoms with E-state index in [1.54, 1.807) is 0 Å². The highest BCUT2D eigenvalue weighted by molar-refractivity contribution is 5.75. The lowest BCUT2D eigenvalue weighted by Crippen LogP contribution is -2.50. The van der Waals surface area contributed by atoms with Crippen LogP contribution >= 0.6 is 0 Å². The highest BCUT2D eigenvalue weighted by Gasteiger charge is 2.29. The third kappa shape index (κ3) is 4.88. The van der Waals surface area contributed by atoms with E-state index in [9.17, 15) is 4.79 Å². The van der Waals surface area contributed by atoms with Crippen molar-refractivity contribution in [3.63, 3.8) is 0 Å². The average molecular weight is 346 g/mol. The lowest BCUT2D eigenvalue weighted by molar-refractivity contribution is -0.121. The molecule has 1 aromatic carbocycles. The molecule has 1 aromatic rings. The number of carbonyl (C=O) groups excluding carboxylic acids is 1. The van der Waals surface area contributed by atoms with E-state index in [4.69, 9.17) is 9.47 Å². The summed E-state index contributed by atoms with van der Waals surface area (Å²) in [6.07, 6.45) is 4.82. The molecule has 2 aliphatic heterocycles. The summed E-state index contributed by atoms with van der Waals surface area (Å²) in [5, 5.41) is 3.11. The van der Waals surface area contributed by atoms with Gasteiger partial charge in [-0.25, -0.2) is 0 Å². The van der Waals surface area contributed by atoms with E-state index < -0.39 is 0 Å². The van der Waals surface area contributed by atoms with Gasteiger partial charge in [-0.3, -0.25) is 9.69 Å². The molecule has 0 saturated carbocycles. The van der Waals surface area contributed by atoms with Crippen molar-refractivity contribution in [2.45, 2.75) is 51.5 Å². The predicted molar refractivity (Wildman–Crippen MR) is 98.3 cm³/mol. The minimum Gasteiger partial charge on any atom is -0.486 e. The average Bonchev–Trinajstić information content (AvgIpc) is 3.16. The zero-order valence-corrected chi connectivity index (χ0v) is 15.5. The molecule has 1 fully saturated rings. The molecule has 2 heterocycles. The first-order chi connectivity index (χ1) is 12.0. The Morgan fingerprint density at radius 2 is 1.88 bits per heavy atom. The second-order valence-corrected chi connectivity index (χ2v) is 7.61. The van der Waals surface area contributed by atoms with Crippen LogP contribution in [0.4, 0.5) is 0 Å². The molecule has 0 aromatic heterocycles. The molecule has 1 saturated heterocycles. The summed E-state index contributed by atoms with van der Waals surface area (Å²) < 4.78 is 11.1. The Hall–Kier alpha value is -1.75. The summed E-state index contributed by atoms with van der Waals surface area (Å²) in [5.41, 5.74) is 1.23. The van der Waals surface area contributed by atoms with Gasteiger partial charge in [-0.05, 0) is 70.3 Å². The Kier molecular flexibility index (Phi) is 5.84. The van der Waals surface area contributed by atoms with Gasteiger partial charge in [-0.15, -0.1) is 0 Å². The number of carbonyl (C=O) groups is 1. The Morgan fingerprint density at radius 1 is 1.16 bits per heavy atom. The van der Waals surface area contributed by atoms with Gasteiger partial charge in [-0.2, -0.15) is 0 Å². The topological polar surface area (TPSA) is 50.8 Å². The largest absolute Gasteiger partial charge is 0.486 e. The maximum Gasteiger partial charge on any atom is 0.220 e. The predicted octanol–water partition coefficient (Wildman–Crippen LogP) is 2.77. The molecule has 25 heavy (non-hydrogen) atoms. The second kappa shape index (κ2) is 8.09. The summed E-state index contributed by atoms with van der Waals surface area (Å²) in [4.78, 5) is 14.6. The van der Waals surface area contributed by atoms with Crippen molar-refractivity contribution in [3.05, 3.63) is 23.8 Å². The quantitative estimate of drug-likeness (QED) is 0.825. The first kappa shape index (κ1) is 18.1.